The minimum atomic E-state index is -0.481. The number of piperazine rings is 1. The van der Waals surface area contributed by atoms with Crippen molar-refractivity contribution in [1.82, 2.24) is 19.4 Å². The average Bonchev–Trinajstić information content (AvgIpc) is 2.92. The lowest BCUT2D eigenvalue weighted by Crippen LogP contribution is -2.54. The van der Waals surface area contributed by atoms with E-state index in [2.05, 4.69) is 25.4 Å². The predicted octanol–water partition coefficient (Wildman–Crippen LogP) is 5.59. The highest BCUT2D eigenvalue weighted by atomic mass is 35.5. The van der Waals surface area contributed by atoms with Crippen molar-refractivity contribution in [3.63, 3.8) is 0 Å². The summed E-state index contributed by atoms with van der Waals surface area (Å²) in [6.07, 6.45) is 1.30. The number of benzene rings is 2. The third-order valence-corrected chi connectivity index (χ3v) is 7.44. The second kappa shape index (κ2) is 10.6. The Balaban J connectivity index is 1.78. The maximum atomic E-state index is 14.9. The molecule has 4 aromatic rings. The van der Waals surface area contributed by atoms with Crippen LogP contribution >= 0.6 is 11.6 Å². The summed E-state index contributed by atoms with van der Waals surface area (Å²) >= 11 is 6.68. The molecule has 1 amide bonds. The first-order valence-electron chi connectivity index (χ1n) is 12.9. The van der Waals surface area contributed by atoms with E-state index in [9.17, 15) is 14.0 Å². The van der Waals surface area contributed by atoms with Crippen LogP contribution in [0, 0.1) is 5.82 Å². The van der Waals surface area contributed by atoms with Gasteiger partial charge in [-0.15, -0.1) is 0 Å². The smallest absolute Gasteiger partial charge is 0.348 e. The first kappa shape index (κ1) is 26.6. The molecule has 1 aliphatic rings. The average molecular weight is 546 g/mol. The number of para-hydroxylation sites is 1. The summed E-state index contributed by atoms with van der Waals surface area (Å²) in [6.45, 7) is 11.0. The van der Waals surface area contributed by atoms with E-state index in [1.165, 1.54) is 16.7 Å². The number of hydrogen-bond donors (Lipinski definition) is 0. The van der Waals surface area contributed by atoms with Gasteiger partial charge in [-0.3, -0.25) is 9.36 Å². The van der Waals surface area contributed by atoms with E-state index in [1.54, 1.807) is 29.2 Å². The molecule has 1 fully saturated rings. The molecule has 7 nitrogen and oxygen atoms in total. The SMILES string of the molecule is C=CC(=O)N1CCN(c2nc(=O)n(-c3ccccc3C(C)C)c3cc(-c4ccccc4F)c(Cl)nc23)C(C)C1. The highest BCUT2D eigenvalue weighted by Gasteiger charge is 2.30. The molecule has 0 aliphatic carbocycles. The number of carbonyl (C=O) groups excluding carboxylic acids is 1. The molecule has 200 valence electrons. The summed E-state index contributed by atoms with van der Waals surface area (Å²) in [6, 6.07) is 15.5. The van der Waals surface area contributed by atoms with Gasteiger partial charge >= 0.3 is 5.69 Å². The molecule has 2 aromatic carbocycles. The van der Waals surface area contributed by atoms with Gasteiger partial charge in [0.15, 0.2) is 5.82 Å². The largest absolute Gasteiger partial charge is 0.354 e. The van der Waals surface area contributed by atoms with Crippen LogP contribution in [-0.2, 0) is 4.79 Å². The molecule has 0 N–H and O–H groups in total. The number of carbonyl (C=O) groups is 1. The normalized spacial score (nSPS) is 15.7. The van der Waals surface area contributed by atoms with Gasteiger partial charge in [0, 0.05) is 36.8 Å². The third kappa shape index (κ3) is 4.81. The third-order valence-electron chi connectivity index (χ3n) is 7.15. The molecule has 0 radical (unpaired) electrons. The van der Waals surface area contributed by atoms with Crippen molar-refractivity contribution in [3.05, 3.63) is 94.3 Å². The van der Waals surface area contributed by atoms with E-state index < -0.39 is 11.5 Å². The van der Waals surface area contributed by atoms with E-state index in [-0.39, 0.29) is 28.6 Å². The van der Waals surface area contributed by atoms with Crippen LogP contribution in [0.1, 0.15) is 32.3 Å². The van der Waals surface area contributed by atoms with E-state index in [0.29, 0.717) is 47.7 Å². The van der Waals surface area contributed by atoms with Gasteiger partial charge in [0.1, 0.15) is 16.5 Å². The fourth-order valence-electron chi connectivity index (χ4n) is 5.19. The molecule has 3 heterocycles. The molecular formula is C30H29ClFN5O2. The Kier molecular flexibility index (Phi) is 7.23. The number of anilines is 1. The van der Waals surface area contributed by atoms with Gasteiger partial charge < -0.3 is 9.80 Å². The fourth-order valence-corrected chi connectivity index (χ4v) is 5.44. The number of hydrogen-bond acceptors (Lipinski definition) is 5. The minimum absolute atomic E-state index is 0.103. The lowest BCUT2D eigenvalue weighted by Gasteiger charge is -2.40. The molecule has 2 aromatic heterocycles. The Labute approximate surface area is 231 Å². The van der Waals surface area contributed by atoms with E-state index in [0.717, 1.165) is 5.56 Å². The van der Waals surface area contributed by atoms with Crippen molar-refractivity contribution in [1.29, 1.82) is 0 Å². The van der Waals surface area contributed by atoms with E-state index in [1.807, 2.05) is 36.1 Å². The maximum absolute atomic E-state index is 14.9. The van der Waals surface area contributed by atoms with Crippen molar-refractivity contribution in [2.24, 2.45) is 0 Å². The first-order valence-corrected chi connectivity index (χ1v) is 13.2. The van der Waals surface area contributed by atoms with Crippen LogP contribution in [0.2, 0.25) is 5.15 Å². The van der Waals surface area contributed by atoms with Crippen LogP contribution in [0.5, 0.6) is 0 Å². The highest BCUT2D eigenvalue weighted by molar-refractivity contribution is 6.32. The molecule has 9 heteroatoms. The Morgan fingerprint density at radius 1 is 1.10 bits per heavy atom. The van der Waals surface area contributed by atoms with Crippen molar-refractivity contribution in [3.8, 4) is 16.8 Å². The van der Waals surface area contributed by atoms with Crippen LogP contribution < -0.4 is 10.6 Å². The van der Waals surface area contributed by atoms with Gasteiger partial charge in [-0.1, -0.05) is 68.4 Å². The Bertz CT molecular complexity index is 1650. The summed E-state index contributed by atoms with van der Waals surface area (Å²) in [7, 11) is 0. The quantitative estimate of drug-likeness (QED) is 0.242. The van der Waals surface area contributed by atoms with Crippen LogP contribution in [0.3, 0.4) is 0 Å². The lowest BCUT2D eigenvalue weighted by molar-refractivity contribution is -0.126. The maximum Gasteiger partial charge on any atom is 0.354 e. The zero-order valence-corrected chi connectivity index (χ0v) is 22.8. The zero-order chi connectivity index (χ0) is 27.8. The van der Waals surface area contributed by atoms with E-state index >= 15 is 0 Å². The van der Waals surface area contributed by atoms with Crippen molar-refractivity contribution in [2.45, 2.75) is 32.7 Å². The van der Waals surface area contributed by atoms with Gasteiger partial charge in [0.05, 0.1) is 11.2 Å². The summed E-state index contributed by atoms with van der Waals surface area (Å²) < 4.78 is 16.4. The summed E-state index contributed by atoms with van der Waals surface area (Å²) in [5, 5.41) is 0.103. The lowest BCUT2D eigenvalue weighted by atomic mass is 10.0. The molecule has 1 saturated heterocycles. The number of halogens is 2. The standard InChI is InChI=1S/C30H29ClFN5O2/c1-5-26(38)35-14-15-36(19(4)17-35)29-27-25(16-22(28(31)33-27)21-11-6-8-12-23(21)32)37(30(39)34-29)24-13-9-7-10-20(24)18(2)3/h5-13,16,18-19H,1,14-15,17H2,2-4H3. The predicted molar refractivity (Wildman–Crippen MR) is 153 cm³/mol. The fraction of sp³-hybridized carbons (Fsp3) is 0.267. The Hall–Kier alpha value is -4.04. The van der Waals surface area contributed by atoms with Crippen molar-refractivity contribution < 1.29 is 9.18 Å². The van der Waals surface area contributed by atoms with Crippen LogP contribution in [-0.4, -0.2) is 51.0 Å². The number of rotatable bonds is 5. The van der Waals surface area contributed by atoms with Gasteiger partial charge in [-0.25, -0.2) is 14.2 Å². The second-order valence-corrected chi connectivity index (χ2v) is 10.3. The summed E-state index contributed by atoms with van der Waals surface area (Å²) in [4.78, 5) is 38.9. The molecular weight excluding hydrogens is 517 g/mol. The van der Waals surface area contributed by atoms with Gasteiger partial charge in [-0.2, -0.15) is 4.98 Å². The van der Waals surface area contributed by atoms with Crippen LogP contribution in [0.15, 0.2) is 72.0 Å². The van der Waals surface area contributed by atoms with E-state index in [4.69, 9.17) is 16.6 Å². The molecule has 1 atom stereocenters. The second-order valence-electron chi connectivity index (χ2n) is 9.97. The molecule has 0 saturated carbocycles. The van der Waals surface area contributed by atoms with Crippen molar-refractivity contribution >= 4 is 34.4 Å². The monoisotopic (exact) mass is 545 g/mol. The van der Waals surface area contributed by atoms with Gasteiger partial charge in [-0.05, 0) is 42.7 Å². The Morgan fingerprint density at radius 3 is 2.51 bits per heavy atom. The van der Waals surface area contributed by atoms with Gasteiger partial charge in [0.2, 0.25) is 5.91 Å². The van der Waals surface area contributed by atoms with Crippen LogP contribution in [0.4, 0.5) is 10.2 Å². The molecule has 0 bridgehead atoms. The summed E-state index contributed by atoms with van der Waals surface area (Å²) in [5.41, 5.74) is 2.72. The highest BCUT2D eigenvalue weighted by Crippen LogP contribution is 2.36. The van der Waals surface area contributed by atoms with Gasteiger partial charge in [0.25, 0.3) is 0 Å². The van der Waals surface area contributed by atoms with Crippen LogP contribution in [0.25, 0.3) is 27.8 Å². The number of pyridine rings is 1. The number of nitrogens with zero attached hydrogens (tertiary/aromatic N) is 5. The number of aromatic nitrogens is 3. The first-order chi connectivity index (χ1) is 18.7. The molecule has 0 spiro atoms. The molecule has 5 rings (SSSR count). The minimum Gasteiger partial charge on any atom is -0.348 e. The topological polar surface area (TPSA) is 71.3 Å². The summed E-state index contributed by atoms with van der Waals surface area (Å²) in [5.74, 6) is -0.0725. The molecule has 1 unspecified atom stereocenters. The van der Waals surface area contributed by atoms with Crippen molar-refractivity contribution in [2.75, 3.05) is 24.5 Å². The number of amides is 1. The number of fused-ring (bicyclic) bond motifs is 1. The molecule has 39 heavy (non-hydrogen) atoms. The zero-order valence-electron chi connectivity index (χ0n) is 22.1. The Morgan fingerprint density at radius 2 is 1.82 bits per heavy atom. The molecule has 1 aliphatic heterocycles.